The number of hydrogen-bond donors (Lipinski definition) is 1. The molecule has 0 aliphatic rings. The summed E-state index contributed by atoms with van der Waals surface area (Å²) in [6.45, 7) is 1.85. The third-order valence-corrected chi connectivity index (χ3v) is 5.71. The number of nitrogens with zero attached hydrogens (tertiary/aromatic N) is 1. The Kier molecular flexibility index (Phi) is 8.19. The molecule has 6 nitrogen and oxygen atoms in total. The van der Waals surface area contributed by atoms with E-state index in [0.717, 1.165) is 17.7 Å². The minimum absolute atomic E-state index is 0.216. The van der Waals surface area contributed by atoms with Gasteiger partial charge in [-0.05, 0) is 73.2 Å². The number of aliphatic carboxylic acids is 1. The lowest BCUT2D eigenvalue weighted by Crippen LogP contribution is -2.22. The van der Waals surface area contributed by atoms with Crippen LogP contribution in [0, 0.1) is 0 Å². The van der Waals surface area contributed by atoms with Gasteiger partial charge in [0.15, 0.2) is 6.10 Å². The fraction of sp³-hybridized carbons (Fsp3) is 0.133. The molecule has 1 N–H and O–H groups in total. The molecule has 0 saturated carbocycles. The van der Waals surface area contributed by atoms with Gasteiger partial charge in [-0.25, -0.2) is 4.79 Å². The Labute approximate surface area is 222 Å². The van der Waals surface area contributed by atoms with Crippen LogP contribution in [0.5, 0.6) is 17.2 Å². The van der Waals surface area contributed by atoms with Gasteiger partial charge < -0.3 is 19.1 Å². The van der Waals surface area contributed by atoms with Crippen molar-refractivity contribution in [1.29, 1.82) is 0 Å². The van der Waals surface area contributed by atoms with E-state index in [-0.39, 0.29) is 11.5 Å². The second-order valence-electron chi connectivity index (χ2n) is 8.60. The Morgan fingerprint density at radius 3 is 2.36 bits per heavy atom. The highest BCUT2D eigenvalue weighted by atomic mass is 19.4. The van der Waals surface area contributed by atoms with Gasteiger partial charge in [0.25, 0.3) is 0 Å². The van der Waals surface area contributed by atoms with Gasteiger partial charge in [0, 0.05) is 18.3 Å². The van der Waals surface area contributed by atoms with Crippen molar-refractivity contribution in [3.05, 3.63) is 120 Å². The molecular weight excluding hydrogens is 511 g/mol. The maximum absolute atomic E-state index is 13.2. The molecule has 1 heterocycles. The third kappa shape index (κ3) is 7.16. The average Bonchev–Trinajstić information content (AvgIpc) is 3.37. The number of hydrogen-bond acceptors (Lipinski definition) is 4. The van der Waals surface area contributed by atoms with Crippen LogP contribution in [0.25, 0.3) is 6.08 Å². The third-order valence-electron chi connectivity index (χ3n) is 5.71. The lowest BCUT2D eigenvalue weighted by atomic mass is 10.1. The smallest absolute Gasteiger partial charge is 0.416 e. The number of aromatic nitrogens is 1. The van der Waals surface area contributed by atoms with E-state index < -0.39 is 23.8 Å². The van der Waals surface area contributed by atoms with Crippen LogP contribution in [0.4, 0.5) is 13.2 Å². The maximum Gasteiger partial charge on any atom is 0.416 e. The van der Waals surface area contributed by atoms with Crippen molar-refractivity contribution < 1.29 is 37.3 Å². The van der Waals surface area contributed by atoms with E-state index in [2.05, 4.69) is 0 Å². The number of carbonyl (C=O) groups excluding carboxylic acids is 1. The van der Waals surface area contributed by atoms with Crippen LogP contribution >= 0.6 is 0 Å². The number of benzene rings is 3. The lowest BCUT2D eigenvalue weighted by molar-refractivity contribution is -0.144. The largest absolute Gasteiger partial charge is 0.479 e. The quantitative estimate of drug-likeness (QED) is 0.219. The Morgan fingerprint density at radius 2 is 1.64 bits per heavy atom. The summed E-state index contributed by atoms with van der Waals surface area (Å²) in [5.74, 6) is -0.338. The van der Waals surface area contributed by atoms with Crippen LogP contribution in [0.1, 0.15) is 34.1 Å². The topological polar surface area (TPSA) is 77.8 Å². The molecule has 0 fully saturated rings. The number of ketones is 1. The fourth-order valence-corrected chi connectivity index (χ4v) is 3.72. The number of carboxylic acid groups (broad SMARTS) is 1. The van der Waals surface area contributed by atoms with Crippen LogP contribution in [-0.2, 0) is 17.5 Å². The highest BCUT2D eigenvalue weighted by Crippen LogP contribution is 2.31. The highest BCUT2D eigenvalue weighted by Gasteiger charge is 2.30. The summed E-state index contributed by atoms with van der Waals surface area (Å²) in [4.78, 5) is 24.2. The Morgan fingerprint density at radius 1 is 0.923 bits per heavy atom. The van der Waals surface area contributed by atoms with E-state index in [9.17, 15) is 22.8 Å². The molecule has 0 spiro atoms. The molecule has 0 saturated heterocycles. The van der Waals surface area contributed by atoms with Crippen LogP contribution in [0.2, 0.25) is 0 Å². The first-order valence-electron chi connectivity index (χ1n) is 11.9. The average molecular weight is 536 g/mol. The van der Waals surface area contributed by atoms with Crippen molar-refractivity contribution in [1.82, 2.24) is 4.57 Å². The molecule has 0 aliphatic carbocycles. The zero-order valence-corrected chi connectivity index (χ0v) is 20.8. The van der Waals surface area contributed by atoms with Crippen molar-refractivity contribution >= 4 is 17.8 Å². The maximum atomic E-state index is 13.2. The van der Waals surface area contributed by atoms with Gasteiger partial charge in [-0.3, -0.25) is 4.79 Å². The van der Waals surface area contributed by atoms with Crippen molar-refractivity contribution in [2.75, 3.05) is 0 Å². The van der Waals surface area contributed by atoms with E-state index in [1.807, 2.05) is 18.2 Å². The first-order chi connectivity index (χ1) is 18.6. The Balaban J connectivity index is 1.43. The second kappa shape index (κ2) is 11.7. The molecule has 0 bridgehead atoms. The minimum Gasteiger partial charge on any atom is -0.479 e. The van der Waals surface area contributed by atoms with Gasteiger partial charge in [-0.15, -0.1) is 0 Å². The molecular formula is C30H24F3NO5. The fourth-order valence-electron chi connectivity index (χ4n) is 3.72. The van der Waals surface area contributed by atoms with Crippen LogP contribution in [0.3, 0.4) is 0 Å². The van der Waals surface area contributed by atoms with Crippen molar-refractivity contribution in [2.45, 2.75) is 25.7 Å². The van der Waals surface area contributed by atoms with Crippen LogP contribution in [0.15, 0.2) is 97.2 Å². The van der Waals surface area contributed by atoms with E-state index >= 15 is 0 Å². The molecule has 1 aromatic heterocycles. The molecule has 0 radical (unpaired) electrons. The standard InChI is InChI=1S/C30H24F3NO5/c1-20(29(36)37)38-25-9-2-6-21(18-25)7-4-16-34-17-5-11-27(34)28(35)22-8-3-10-26(19-22)39-24-14-12-23(13-15-24)30(31,32)33/h2-15,17-20H,16H2,1H3,(H,36,37). The zero-order valence-electron chi connectivity index (χ0n) is 20.8. The van der Waals surface area contributed by atoms with Crippen LogP contribution in [-0.4, -0.2) is 27.5 Å². The molecule has 39 heavy (non-hydrogen) atoms. The summed E-state index contributed by atoms with van der Waals surface area (Å²) < 4.78 is 51.2. The summed E-state index contributed by atoms with van der Waals surface area (Å²) >= 11 is 0. The van der Waals surface area contributed by atoms with E-state index in [1.165, 1.54) is 25.1 Å². The first kappa shape index (κ1) is 27.3. The lowest BCUT2D eigenvalue weighted by Gasteiger charge is -2.11. The van der Waals surface area contributed by atoms with E-state index in [0.29, 0.717) is 29.3 Å². The number of carbonyl (C=O) groups is 2. The monoisotopic (exact) mass is 535 g/mol. The summed E-state index contributed by atoms with van der Waals surface area (Å²) in [5.41, 5.74) is 0.833. The van der Waals surface area contributed by atoms with Gasteiger partial charge in [0.05, 0.1) is 11.3 Å². The molecule has 200 valence electrons. The molecule has 4 aromatic rings. The number of halogens is 3. The van der Waals surface area contributed by atoms with Crippen molar-refractivity contribution in [3.63, 3.8) is 0 Å². The normalized spacial score (nSPS) is 12.3. The summed E-state index contributed by atoms with van der Waals surface area (Å²) in [6.07, 6.45) is 0.0603. The van der Waals surface area contributed by atoms with Crippen LogP contribution < -0.4 is 9.47 Å². The Hall–Kier alpha value is -4.79. The number of ether oxygens (including phenoxy) is 2. The van der Waals surface area contributed by atoms with Gasteiger partial charge in [-0.2, -0.15) is 13.2 Å². The number of rotatable bonds is 10. The summed E-state index contributed by atoms with van der Waals surface area (Å²) in [7, 11) is 0. The van der Waals surface area contributed by atoms with Crippen molar-refractivity contribution in [3.8, 4) is 17.2 Å². The molecule has 9 heteroatoms. The molecule has 0 aliphatic heterocycles. The van der Waals surface area contributed by atoms with Crippen molar-refractivity contribution in [2.24, 2.45) is 0 Å². The van der Waals surface area contributed by atoms with E-state index in [4.69, 9.17) is 14.6 Å². The minimum atomic E-state index is -4.44. The van der Waals surface area contributed by atoms with Gasteiger partial charge in [-0.1, -0.05) is 36.4 Å². The summed E-state index contributed by atoms with van der Waals surface area (Å²) in [5, 5.41) is 9.02. The van der Waals surface area contributed by atoms with Gasteiger partial charge >= 0.3 is 12.1 Å². The highest BCUT2D eigenvalue weighted by molar-refractivity contribution is 6.08. The SMILES string of the molecule is CC(Oc1cccc(C=CCn2cccc2C(=O)c2cccc(Oc3ccc(C(F)(F)F)cc3)c2)c1)C(=O)O. The van der Waals surface area contributed by atoms with Gasteiger partial charge in [0.2, 0.25) is 5.78 Å². The first-order valence-corrected chi connectivity index (χ1v) is 11.9. The van der Waals surface area contributed by atoms with E-state index in [1.54, 1.807) is 59.3 Å². The second-order valence-corrected chi connectivity index (χ2v) is 8.60. The molecule has 0 amide bonds. The van der Waals surface area contributed by atoms with Gasteiger partial charge in [0.1, 0.15) is 17.2 Å². The predicted molar refractivity (Wildman–Crippen MR) is 139 cm³/mol. The molecule has 3 aromatic carbocycles. The number of allylic oxidation sites excluding steroid dienone is 1. The molecule has 1 unspecified atom stereocenters. The zero-order chi connectivity index (χ0) is 28.0. The summed E-state index contributed by atoms with van der Waals surface area (Å²) in [6, 6.07) is 21.2. The Bertz CT molecular complexity index is 1490. The molecule has 1 atom stereocenters. The predicted octanol–water partition coefficient (Wildman–Crippen LogP) is 7.10. The molecule has 4 rings (SSSR count). The number of alkyl halides is 3. The number of carboxylic acids is 1.